The third-order valence-corrected chi connectivity index (χ3v) is 6.98. The topological polar surface area (TPSA) is 26.3 Å². The van der Waals surface area contributed by atoms with Crippen molar-refractivity contribution in [3.8, 4) is 0 Å². The standard InChI is InChI=1S/C31H60O2/c1-5-7-9-11-12-13-14-15-16-17-18-19-20-21-23-25-27-30(26-24-22-10-8-6-2)28-33-31(32)29(3)4/h30H,3,5-28H2,1-2,4H3. The Bertz CT molecular complexity index is 429. The van der Waals surface area contributed by atoms with Crippen molar-refractivity contribution in [1.82, 2.24) is 0 Å². The van der Waals surface area contributed by atoms with Crippen LogP contribution in [0.5, 0.6) is 0 Å². The smallest absolute Gasteiger partial charge is 0.333 e. The van der Waals surface area contributed by atoms with Crippen molar-refractivity contribution in [2.24, 2.45) is 5.92 Å². The van der Waals surface area contributed by atoms with E-state index in [1.54, 1.807) is 6.92 Å². The van der Waals surface area contributed by atoms with Crippen LogP contribution in [-0.2, 0) is 9.53 Å². The number of hydrogen-bond acceptors (Lipinski definition) is 2. The Labute approximate surface area is 208 Å². The molecule has 0 saturated carbocycles. The average molecular weight is 465 g/mol. The Kier molecular flexibility index (Phi) is 25.2. The minimum Gasteiger partial charge on any atom is -0.462 e. The molecule has 33 heavy (non-hydrogen) atoms. The number of carbonyl (C=O) groups excluding carboxylic acids is 1. The second-order valence-electron chi connectivity index (χ2n) is 10.5. The van der Waals surface area contributed by atoms with Gasteiger partial charge >= 0.3 is 5.97 Å². The zero-order chi connectivity index (χ0) is 24.4. The number of rotatable bonds is 26. The number of esters is 1. The van der Waals surface area contributed by atoms with Gasteiger partial charge in [-0.3, -0.25) is 0 Å². The second kappa shape index (κ2) is 25.8. The zero-order valence-corrected chi connectivity index (χ0v) is 23.1. The van der Waals surface area contributed by atoms with Crippen LogP contribution in [0.2, 0.25) is 0 Å². The minimum atomic E-state index is -0.224. The van der Waals surface area contributed by atoms with Gasteiger partial charge in [-0.15, -0.1) is 0 Å². The van der Waals surface area contributed by atoms with Gasteiger partial charge in [0.15, 0.2) is 0 Å². The molecule has 0 N–H and O–H groups in total. The van der Waals surface area contributed by atoms with Crippen LogP contribution in [0.1, 0.15) is 168 Å². The Morgan fingerprint density at radius 1 is 0.576 bits per heavy atom. The van der Waals surface area contributed by atoms with Crippen LogP contribution in [-0.4, -0.2) is 12.6 Å². The Hall–Kier alpha value is -0.790. The molecule has 0 amide bonds. The van der Waals surface area contributed by atoms with Gasteiger partial charge in [0, 0.05) is 5.57 Å². The first-order chi connectivity index (χ1) is 16.1. The summed E-state index contributed by atoms with van der Waals surface area (Å²) in [7, 11) is 0. The molecule has 0 aliphatic rings. The van der Waals surface area contributed by atoms with E-state index in [2.05, 4.69) is 20.4 Å². The molecule has 2 heteroatoms. The van der Waals surface area contributed by atoms with E-state index in [1.165, 1.54) is 148 Å². The molecule has 196 valence electrons. The van der Waals surface area contributed by atoms with Crippen LogP contribution in [0.3, 0.4) is 0 Å². The molecule has 0 aliphatic carbocycles. The van der Waals surface area contributed by atoms with E-state index in [-0.39, 0.29) is 5.97 Å². The summed E-state index contributed by atoms with van der Waals surface area (Å²) in [5.74, 6) is 0.305. The van der Waals surface area contributed by atoms with E-state index in [0.29, 0.717) is 18.1 Å². The molecule has 0 radical (unpaired) electrons. The van der Waals surface area contributed by atoms with Gasteiger partial charge in [0.1, 0.15) is 0 Å². The van der Waals surface area contributed by atoms with E-state index in [1.807, 2.05) is 0 Å². The van der Waals surface area contributed by atoms with Crippen molar-refractivity contribution in [2.75, 3.05) is 6.61 Å². The first kappa shape index (κ1) is 32.2. The number of unbranched alkanes of at least 4 members (excludes halogenated alkanes) is 19. The fourth-order valence-electron chi connectivity index (χ4n) is 4.65. The lowest BCUT2D eigenvalue weighted by Gasteiger charge is -2.17. The molecule has 0 spiro atoms. The summed E-state index contributed by atoms with van der Waals surface area (Å²) in [6.07, 6.45) is 31.5. The van der Waals surface area contributed by atoms with Crippen molar-refractivity contribution in [3.63, 3.8) is 0 Å². The number of hydrogen-bond donors (Lipinski definition) is 0. The van der Waals surface area contributed by atoms with E-state index in [4.69, 9.17) is 4.74 Å². The monoisotopic (exact) mass is 464 g/mol. The van der Waals surface area contributed by atoms with Gasteiger partial charge in [-0.2, -0.15) is 0 Å². The summed E-state index contributed by atoms with van der Waals surface area (Å²) < 4.78 is 5.48. The second-order valence-corrected chi connectivity index (χ2v) is 10.5. The fraction of sp³-hybridized carbons (Fsp3) is 0.903. The Morgan fingerprint density at radius 2 is 0.879 bits per heavy atom. The summed E-state index contributed by atoms with van der Waals surface area (Å²) in [6, 6.07) is 0. The normalized spacial score (nSPS) is 12.1. The molecule has 0 bridgehead atoms. The highest BCUT2D eigenvalue weighted by atomic mass is 16.5. The van der Waals surface area contributed by atoms with Crippen LogP contribution >= 0.6 is 0 Å². The highest BCUT2D eigenvalue weighted by Gasteiger charge is 2.12. The van der Waals surface area contributed by atoms with Crippen LogP contribution in [0, 0.1) is 5.92 Å². The summed E-state index contributed by atoms with van der Waals surface area (Å²) in [6.45, 7) is 10.6. The quantitative estimate of drug-likeness (QED) is 0.0722. The van der Waals surface area contributed by atoms with Gasteiger partial charge in [0.2, 0.25) is 0 Å². The van der Waals surface area contributed by atoms with E-state index in [9.17, 15) is 4.79 Å². The summed E-state index contributed by atoms with van der Waals surface area (Å²) in [5, 5.41) is 0. The van der Waals surface area contributed by atoms with Gasteiger partial charge in [-0.25, -0.2) is 4.79 Å². The Balaban J connectivity index is 3.64. The largest absolute Gasteiger partial charge is 0.462 e. The van der Waals surface area contributed by atoms with Crippen molar-refractivity contribution in [2.45, 2.75) is 168 Å². The van der Waals surface area contributed by atoms with Crippen LogP contribution < -0.4 is 0 Å². The molecule has 0 aromatic rings. The van der Waals surface area contributed by atoms with E-state index >= 15 is 0 Å². The van der Waals surface area contributed by atoms with Crippen molar-refractivity contribution in [1.29, 1.82) is 0 Å². The van der Waals surface area contributed by atoms with Crippen LogP contribution in [0.25, 0.3) is 0 Å². The maximum Gasteiger partial charge on any atom is 0.333 e. The molecule has 0 rings (SSSR count). The lowest BCUT2D eigenvalue weighted by molar-refractivity contribution is -0.140. The van der Waals surface area contributed by atoms with E-state index < -0.39 is 0 Å². The summed E-state index contributed by atoms with van der Waals surface area (Å²) >= 11 is 0. The molecule has 0 fully saturated rings. The lowest BCUT2D eigenvalue weighted by Crippen LogP contribution is -2.15. The lowest BCUT2D eigenvalue weighted by atomic mass is 9.94. The third kappa shape index (κ3) is 24.1. The minimum absolute atomic E-state index is 0.224. The maximum atomic E-state index is 11.8. The van der Waals surface area contributed by atoms with Gasteiger partial charge in [0.25, 0.3) is 0 Å². The molecule has 2 nitrogen and oxygen atoms in total. The van der Waals surface area contributed by atoms with Crippen molar-refractivity contribution < 1.29 is 9.53 Å². The molecule has 0 heterocycles. The van der Waals surface area contributed by atoms with E-state index in [0.717, 1.165) is 0 Å². The third-order valence-electron chi connectivity index (χ3n) is 6.98. The number of carbonyl (C=O) groups is 1. The molecular weight excluding hydrogens is 404 g/mol. The highest BCUT2D eigenvalue weighted by molar-refractivity contribution is 5.86. The van der Waals surface area contributed by atoms with Gasteiger partial charge in [-0.1, -0.05) is 155 Å². The van der Waals surface area contributed by atoms with Crippen LogP contribution in [0.4, 0.5) is 0 Å². The van der Waals surface area contributed by atoms with Gasteiger partial charge < -0.3 is 4.74 Å². The first-order valence-corrected chi connectivity index (χ1v) is 14.9. The highest BCUT2D eigenvalue weighted by Crippen LogP contribution is 2.20. The Morgan fingerprint density at radius 3 is 1.18 bits per heavy atom. The summed E-state index contributed by atoms with van der Waals surface area (Å²) in [4.78, 5) is 11.8. The predicted octanol–water partition coefficient (Wildman–Crippen LogP) is 10.7. The van der Waals surface area contributed by atoms with Gasteiger partial charge in [0.05, 0.1) is 6.61 Å². The fourth-order valence-corrected chi connectivity index (χ4v) is 4.65. The molecule has 1 unspecified atom stereocenters. The molecule has 1 atom stereocenters. The predicted molar refractivity (Wildman–Crippen MR) is 147 cm³/mol. The molecule has 0 aromatic carbocycles. The van der Waals surface area contributed by atoms with Crippen molar-refractivity contribution in [3.05, 3.63) is 12.2 Å². The molecule has 0 aliphatic heterocycles. The van der Waals surface area contributed by atoms with Crippen molar-refractivity contribution >= 4 is 5.97 Å². The zero-order valence-electron chi connectivity index (χ0n) is 23.1. The molecule has 0 aromatic heterocycles. The molecule has 0 saturated heterocycles. The van der Waals surface area contributed by atoms with Gasteiger partial charge in [-0.05, 0) is 25.7 Å². The van der Waals surface area contributed by atoms with Crippen LogP contribution in [0.15, 0.2) is 12.2 Å². The summed E-state index contributed by atoms with van der Waals surface area (Å²) in [5.41, 5.74) is 0.513. The first-order valence-electron chi connectivity index (χ1n) is 14.9. The maximum absolute atomic E-state index is 11.8. The molecular formula is C31H60O2. The number of ether oxygens (including phenoxy) is 1. The SMILES string of the molecule is C=C(C)C(=O)OCC(CCCCCCC)CCCCCCCCCCCCCCCCCC. The average Bonchev–Trinajstić information content (AvgIpc) is 2.81.